The third-order valence-electron chi connectivity index (χ3n) is 3.15. The highest BCUT2D eigenvalue weighted by Gasteiger charge is 2.24. The van der Waals surface area contributed by atoms with E-state index in [-0.39, 0.29) is 5.91 Å². The van der Waals surface area contributed by atoms with Crippen LogP contribution in [0.2, 0.25) is 0 Å². The van der Waals surface area contributed by atoms with Crippen molar-refractivity contribution in [2.45, 2.75) is 32.4 Å². The highest BCUT2D eigenvalue weighted by atomic mass is 79.9. The number of nitrogens with zero attached hydrogens (tertiary/aromatic N) is 1. The molecule has 0 unspecified atom stereocenters. The first kappa shape index (κ1) is 13.6. The van der Waals surface area contributed by atoms with E-state index in [2.05, 4.69) is 35.1 Å². The fraction of sp³-hybridized carbons (Fsp3) is 0.500. The lowest BCUT2D eigenvalue weighted by Crippen LogP contribution is -2.56. The number of benzene rings is 1. The van der Waals surface area contributed by atoms with Crippen molar-refractivity contribution < 1.29 is 4.79 Å². The van der Waals surface area contributed by atoms with Crippen molar-refractivity contribution in [3.05, 3.63) is 34.3 Å². The number of hydrogen-bond acceptors (Lipinski definition) is 2. The Balaban J connectivity index is 1.99. The second-order valence-electron chi connectivity index (χ2n) is 5.07. The summed E-state index contributed by atoms with van der Waals surface area (Å²) in [6.07, 6.45) is 0.485. The molecule has 0 aromatic heterocycles. The van der Waals surface area contributed by atoms with E-state index in [1.165, 1.54) is 0 Å². The van der Waals surface area contributed by atoms with Crippen molar-refractivity contribution in [1.82, 2.24) is 10.2 Å². The zero-order valence-electron chi connectivity index (χ0n) is 10.8. The van der Waals surface area contributed by atoms with Crippen molar-refractivity contribution in [3.63, 3.8) is 0 Å². The fourth-order valence-corrected chi connectivity index (χ4v) is 2.91. The number of halogens is 1. The number of piperazine rings is 1. The molecule has 1 aromatic rings. The number of carbonyl (C=O) groups excluding carboxylic acids is 1. The van der Waals surface area contributed by atoms with Crippen molar-refractivity contribution in [3.8, 4) is 0 Å². The first-order chi connectivity index (χ1) is 8.54. The number of nitrogens with one attached hydrogen (secondary N) is 1. The molecule has 98 valence electrons. The lowest BCUT2D eigenvalue weighted by molar-refractivity contribution is -0.132. The molecule has 0 saturated carbocycles. The SMILES string of the molecule is C[C@@H]1CN(C(=O)Cc2cccc(Br)c2)C[C@H](C)N1. The number of rotatable bonds is 2. The summed E-state index contributed by atoms with van der Waals surface area (Å²) >= 11 is 3.43. The van der Waals surface area contributed by atoms with Gasteiger partial charge in [0.05, 0.1) is 6.42 Å². The van der Waals surface area contributed by atoms with Gasteiger partial charge in [-0.25, -0.2) is 0 Å². The molecular weight excluding hydrogens is 292 g/mol. The fourth-order valence-electron chi connectivity index (χ4n) is 2.46. The summed E-state index contributed by atoms with van der Waals surface area (Å²) in [6, 6.07) is 8.70. The molecular formula is C14H19BrN2O. The Hall–Kier alpha value is -0.870. The van der Waals surface area contributed by atoms with Crippen molar-refractivity contribution in [1.29, 1.82) is 0 Å². The molecule has 2 atom stereocenters. The molecule has 0 radical (unpaired) electrons. The molecule has 1 amide bonds. The molecule has 4 heteroatoms. The van der Waals surface area contributed by atoms with Crippen LogP contribution in [0.5, 0.6) is 0 Å². The summed E-state index contributed by atoms with van der Waals surface area (Å²) in [6.45, 7) is 5.85. The van der Waals surface area contributed by atoms with Gasteiger partial charge in [-0.1, -0.05) is 28.1 Å². The van der Waals surface area contributed by atoms with Gasteiger partial charge in [0.1, 0.15) is 0 Å². The molecule has 1 N–H and O–H groups in total. The van der Waals surface area contributed by atoms with Gasteiger partial charge in [0.2, 0.25) is 5.91 Å². The molecule has 1 heterocycles. The molecule has 1 aliphatic rings. The number of carbonyl (C=O) groups is 1. The third kappa shape index (κ3) is 3.56. The molecule has 1 fully saturated rings. The highest BCUT2D eigenvalue weighted by Crippen LogP contribution is 2.14. The van der Waals surface area contributed by atoms with Gasteiger partial charge in [-0.15, -0.1) is 0 Å². The van der Waals surface area contributed by atoms with Crippen LogP contribution in [-0.4, -0.2) is 36.0 Å². The van der Waals surface area contributed by atoms with Gasteiger partial charge < -0.3 is 10.2 Å². The van der Waals surface area contributed by atoms with Gasteiger partial charge in [-0.2, -0.15) is 0 Å². The van der Waals surface area contributed by atoms with Gasteiger partial charge in [-0.3, -0.25) is 4.79 Å². The van der Waals surface area contributed by atoms with Gasteiger partial charge >= 0.3 is 0 Å². The standard InChI is InChI=1S/C14H19BrN2O/c1-10-8-17(9-11(2)16-10)14(18)7-12-4-3-5-13(15)6-12/h3-6,10-11,16H,7-9H2,1-2H3/t10-,11+. The van der Waals surface area contributed by atoms with Crippen LogP contribution in [0.15, 0.2) is 28.7 Å². The predicted molar refractivity (Wildman–Crippen MR) is 76.5 cm³/mol. The zero-order valence-corrected chi connectivity index (χ0v) is 12.4. The largest absolute Gasteiger partial charge is 0.339 e. The predicted octanol–water partition coefficient (Wildman–Crippen LogP) is 2.20. The summed E-state index contributed by atoms with van der Waals surface area (Å²) in [5.41, 5.74) is 1.06. The third-order valence-corrected chi connectivity index (χ3v) is 3.65. The molecule has 0 bridgehead atoms. The Morgan fingerprint density at radius 1 is 1.39 bits per heavy atom. The van der Waals surface area contributed by atoms with E-state index in [1.54, 1.807) is 0 Å². The van der Waals surface area contributed by atoms with Gasteiger partial charge in [-0.05, 0) is 31.5 Å². The minimum atomic E-state index is 0.216. The highest BCUT2D eigenvalue weighted by molar-refractivity contribution is 9.10. The van der Waals surface area contributed by atoms with Crippen LogP contribution in [-0.2, 0) is 11.2 Å². The van der Waals surface area contributed by atoms with Crippen LogP contribution in [0, 0.1) is 0 Å². The van der Waals surface area contributed by atoms with E-state index in [1.807, 2.05) is 29.2 Å². The Morgan fingerprint density at radius 2 is 2.06 bits per heavy atom. The van der Waals surface area contributed by atoms with Crippen molar-refractivity contribution >= 4 is 21.8 Å². The molecule has 1 aliphatic heterocycles. The van der Waals surface area contributed by atoms with Crippen molar-refractivity contribution in [2.24, 2.45) is 0 Å². The number of amides is 1. The minimum absolute atomic E-state index is 0.216. The van der Waals surface area contributed by atoms with E-state index < -0.39 is 0 Å². The van der Waals surface area contributed by atoms with E-state index >= 15 is 0 Å². The summed E-state index contributed by atoms with van der Waals surface area (Å²) in [5, 5.41) is 3.44. The molecule has 2 rings (SSSR count). The van der Waals surface area contributed by atoms with Gasteiger partial charge in [0.25, 0.3) is 0 Å². The topological polar surface area (TPSA) is 32.3 Å². The van der Waals surface area contributed by atoms with Crippen LogP contribution >= 0.6 is 15.9 Å². The normalized spacial score (nSPS) is 24.1. The van der Waals surface area contributed by atoms with Gasteiger partial charge in [0.15, 0.2) is 0 Å². The molecule has 3 nitrogen and oxygen atoms in total. The molecule has 1 saturated heterocycles. The Kier molecular flexibility index (Phi) is 4.40. The second-order valence-corrected chi connectivity index (χ2v) is 5.99. The quantitative estimate of drug-likeness (QED) is 0.908. The summed E-state index contributed by atoms with van der Waals surface area (Å²) in [5.74, 6) is 0.216. The smallest absolute Gasteiger partial charge is 0.227 e. The molecule has 18 heavy (non-hydrogen) atoms. The van der Waals surface area contributed by atoms with E-state index in [9.17, 15) is 4.79 Å². The second kappa shape index (κ2) is 5.85. The maximum atomic E-state index is 12.3. The maximum Gasteiger partial charge on any atom is 0.227 e. The Bertz CT molecular complexity index is 426. The zero-order chi connectivity index (χ0) is 13.1. The minimum Gasteiger partial charge on any atom is -0.339 e. The van der Waals surface area contributed by atoms with E-state index in [0.29, 0.717) is 18.5 Å². The van der Waals surface area contributed by atoms with Crippen LogP contribution in [0.4, 0.5) is 0 Å². The lowest BCUT2D eigenvalue weighted by atomic mass is 10.1. The number of hydrogen-bond donors (Lipinski definition) is 1. The van der Waals surface area contributed by atoms with E-state index in [0.717, 1.165) is 23.1 Å². The van der Waals surface area contributed by atoms with Crippen LogP contribution in [0.3, 0.4) is 0 Å². The molecule has 0 spiro atoms. The average molecular weight is 311 g/mol. The first-order valence-corrected chi connectivity index (χ1v) is 7.12. The first-order valence-electron chi connectivity index (χ1n) is 6.33. The van der Waals surface area contributed by atoms with Crippen LogP contribution in [0.1, 0.15) is 19.4 Å². The van der Waals surface area contributed by atoms with Crippen molar-refractivity contribution in [2.75, 3.05) is 13.1 Å². The lowest BCUT2D eigenvalue weighted by Gasteiger charge is -2.36. The molecule has 0 aliphatic carbocycles. The maximum absolute atomic E-state index is 12.3. The molecule has 1 aromatic carbocycles. The summed E-state index contributed by atoms with van der Waals surface area (Å²) < 4.78 is 1.02. The van der Waals surface area contributed by atoms with Crippen LogP contribution in [0.25, 0.3) is 0 Å². The van der Waals surface area contributed by atoms with E-state index in [4.69, 9.17) is 0 Å². The summed E-state index contributed by atoms with van der Waals surface area (Å²) in [4.78, 5) is 14.2. The van der Waals surface area contributed by atoms with Crippen LogP contribution < -0.4 is 5.32 Å². The average Bonchev–Trinajstić information content (AvgIpc) is 2.27. The Morgan fingerprint density at radius 3 is 2.67 bits per heavy atom. The van der Waals surface area contributed by atoms with Gasteiger partial charge in [0, 0.05) is 29.6 Å². The summed E-state index contributed by atoms with van der Waals surface area (Å²) in [7, 11) is 0. The Labute approximate surface area is 117 Å². The monoisotopic (exact) mass is 310 g/mol.